The first-order chi connectivity index (χ1) is 10.1. The molecule has 1 aliphatic rings. The Balaban J connectivity index is 1.87. The van der Waals surface area contributed by atoms with Gasteiger partial charge in [0.1, 0.15) is 6.04 Å². The third-order valence-electron chi connectivity index (χ3n) is 3.65. The molecular formula is C15H18N2O4. The van der Waals surface area contributed by atoms with E-state index in [1.165, 1.54) is 4.90 Å². The maximum atomic E-state index is 12.1. The number of amides is 2. The van der Waals surface area contributed by atoms with Crippen molar-refractivity contribution in [1.29, 1.82) is 0 Å². The maximum absolute atomic E-state index is 12.1. The van der Waals surface area contributed by atoms with Gasteiger partial charge in [0.15, 0.2) is 0 Å². The molecule has 1 atom stereocenters. The summed E-state index contributed by atoms with van der Waals surface area (Å²) in [5.74, 6) is -1.42. The van der Waals surface area contributed by atoms with Crippen LogP contribution in [0.25, 0.3) is 0 Å². The third kappa shape index (κ3) is 3.11. The number of nitrogens with one attached hydrogen (secondary N) is 1. The van der Waals surface area contributed by atoms with Crippen molar-refractivity contribution in [3.8, 4) is 0 Å². The molecule has 2 rings (SSSR count). The van der Waals surface area contributed by atoms with E-state index >= 15 is 0 Å². The molecule has 0 saturated carbocycles. The molecule has 6 heteroatoms. The molecule has 0 aromatic heterocycles. The highest BCUT2D eigenvalue weighted by Gasteiger charge is 2.34. The Labute approximate surface area is 122 Å². The molecule has 112 valence electrons. The lowest BCUT2D eigenvalue weighted by Gasteiger charge is -2.15. The van der Waals surface area contributed by atoms with Crippen molar-refractivity contribution >= 4 is 17.8 Å². The molecule has 0 bridgehead atoms. The van der Waals surface area contributed by atoms with E-state index in [2.05, 4.69) is 5.32 Å². The summed E-state index contributed by atoms with van der Waals surface area (Å²) in [6.45, 7) is 0.322. The standard InChI is InChI=1S/C15H18N2O4/c1-16-12(15(20)21)8-4-5-9-17-13(18)10-6-2-3-7-11(10)14(17)19/h2-3,6-7,12,16H,4-5,8-9H2,1H3,(H,20,21). The number of imide groups is 1. The Hall–Kier alpha value is -2.21. The smallest absolute Gasteiger partial charge is 0.320 e. The molecule has 1 aromatic carbocycles. The van der Waals surface area contributed by atoms with Crippen LogP contribution in [0.5, 0.6) is 0 Å². The zero-order valence-corrected chi connectivity index (χ0v) is 11.8. The second-order valence-corrected chi connectivity index (χ2v) is 4.98. The number of carboxylic acids is 1. The van der Waals surface area contributed by atoms with E-state index in [1.54, 1.807) is 31.3 Å². The predicted molar refractivity (Wildman–Crippen MR) is 76.1 cm³/mol. The molecule has 0 spiro atoms. The monoisotopic (exact) mass is 290 g/mol. The number of hydrogen-bond acceptors (Lipinski definition) is 4. The van der Waals surface area contributed by atoms with E-state index in [-0.39, 0.29) is 11.8 Å². The van der Waals surface area contributed by atoms with E-state index in [0.717, 1.165) is 0 Å². The van der Waals surface area contributed by atoms with Gasteiger partial charge in [-0.15, -0.1) is 0 Å². The second kappa shape index (κ2) is 6.49. The topological polar surface area (TPSA) is 86.7 Å². The Morgan fingerprint density at radius 3 is 2.24 bits per heavy atom. The summed E-state index contributed by atoms with van der Waals surface area (Å²) in [5.41, 5.74) is 0.891. The number of nitrogens with zero attached hydrogens (tertiary/aromatic N) is 1. The zero-order valence-electron chi connectivity index (χ0n) is 11.8. The molecular weight excluding hydrogens is 272 g/mol. The van der Waals surface area contributed by atoms with Gasteiger partial charge in [-0.25, -0.2) is 0 Å². The average molecular weight is 290 g/mol. The Bertz CT molecular complexity index is 536. The fourth-order valence-corrected chi connectivity index (χ4v) is 2.45. The van der Waals surface area contributed by atoms with E-state index in [0.29, 0.717) is 36.9 Å². The number of carbonyl (C=O) groups excluding carboxylic acids is 2. The van der Waals surface area contributed by atoms with Gasteiger partial charge in [0.2, 0.25) is 0 Å². The lowest BCUT2D eigenvalue weighted by atomic mass is 10.1. The first kappa shape index (κ1) is 15.2. The SMILES string of the molecule is CNC(CCCCN1C(=O)c2ccccc2C1=O)C(=O)O. The maximum Gasteiger partial charge on any atom is 0.320 e. The highest BCUT2D eigenvalue weighted by Crippen LogP contribution is 2.22. The van der Waals surface area contributed by atoms with Crippen molar-refractivity contribution in [2.24, 2.45) is 0 Å². The molecule has 0 aliphatic carbocycles. The summed E-state index contributed by atoms with van der Waals surface area (Å²) in [6.07, 6.45) is 1.69. The predicted octanol–water partition coefficient (Wildman–Crippen LogP) is 1.13. The van der Waals surface area contributed by atoms with Crippen molar-refractivity contribution in [1.82, 2.24) is 10.2 Å². The summed E-state index contributed by atoms with van der Waals surface area (Å²) in [5, 5.41) is 11.6. The van der Waals surface area contributed by atoms with Crippen LogP contribution in [0.4, 0.5) is 0 Å². The van der Waals surface area contributed by atoms with Crippen molar-refractivity contribution < 1.29 is 19.5 Å². The minimum Gasteiger partial charge on any atom is -0.480 e. The molecule has 0 saturated heterocycles. The molecule has 21 heavy (non-hydrogen) atoms. The van der Waals surface area contributed by atoms with Gasteiger partial charge in [0.05, 0.1) is 11.1 Å². The van der Waals surface area contributed by atoms with E-state index in [1.807, 2.05) is 0 Å². The first-order valence-electron chi connectivity index (χ1n) is 6.91. The Morgan fingerprint density at radius 2 is 1.76 bits per heavy atom. The van der Waals surface area contributed by atoms with Gasteiger partial charge in [-0.2, -0.15) is 0 Å². The van der Waals surface area contributed by atoms with E-state index < -0.39 is 12.0 Å². The number of likely N-dealkylation sites (N-methyl/N-ethyl adjacent to an activating group) is 1. The van der Waals surface area contributed by atoms with Crippen molar-refractivity contribution in [2.45, 2.75) is 25.3 Å². The number of fused-ring (bicyclic) bond motifs is 1. The lowest BCUT2D eigenvalue weighted by molar-refractivity contribution is -0.139. The van der Waals surface area contributed by atoms with Crippen molar-refractivity contribution in [3.05, 3.63) is 35.4 Å². The Morgan fingerprint density at radius 1 is 1.19 bits per heavy atom. The van der Waals surface area contributed by atoms with Gasteiger partial charge in [-0.3, -0.25) is 19.3 Å². The molecule has 6 nitrogen and oxygen atoms in total. The number of aliphatic carboxylic acids is 1. The van der Waals surface area contributed by atoms with Crippen molar-refractivity contribution in [2.75, 3.05) is 13.6 Å². The zero-order chi connectivity index (χ0) is 15.4. The van der Waals surface area contributed by atoms with Gasteiger partial charge >= 0.3 is 5.97 Å². The first-order valence-corrected chi connectivity index (χ1v) is 6.91. The van der Waals surface area contributed by atoms with Gasteiger partial charge in [0.25, 0.3) is 11.8 Å². The molecule has 1 heterocycles. The van der Waals surface area contributed by atoms with Crippen LogP contribution in [0.2, 0.25) is 0 Å². The summed E-state index contributed by atoms with van der Waals surface area (Å²) in [6, 6.07) is 6.18. The Kier molecular flexibility index (Phi) is 4.70. The van der Waals surface area contributed by atoms with Crippen LogP contribution in [-0.2, 0) is 4.79 Å². The quantitative estimate of drug-likeness (QED) is 0.580. The molecule has 0 fully saturated rings. The van der Waals surface area contributed by atoms with Crippen LogP contribution in [0.3, 0.4) is 0 Å². The fourth-order valence-electron chi connectivity index (χ4n) is 2.45. The highest BCUT2D eigenvalue weighted by molar-refractivity contribution is 6.21. The summed E-state index contributed by atoms with van der Waals surface area (Å²) in [4.78, 5) is 36.3. The minimum absolute atomic E-state index is 0.265. The van der Waals surface area contributed by atoms with Crippen LogP contribution in [-0.4, -0.2) is 47.4 Å². The summed E-state index contributed by atoms with van der Waals surface area (Å²) >= 11 is 0. The molecule has 2 N–H and O–H groups in total. The van der Waals surface area contributed by atoms with Gasteiger partial charge in [0, 0.05) is 6.54 Å². The third-order valence-corrected chi connectivity index (χ3v) is 3.65. The van der Waals surface area contributed by atoms with Crippen LogP contribution in [0.1, 0.15) is 40.0 Å². The van der Waals surface area contributed by atoms with E-state index in [4.69, 9.17) is 5.11 Å². The van der Waals surface area contributed by atoms with Gasteiger partial charge < -0.3 is 10.4 Å². The fraction of sp³-hybridized carbons (Fsp3) is 0.400. The highest BCUT2D eigenvalue weighted by atomic mass is 16.4. The average Bonchev–Trinajstić information content (AvgIpc) is 2.72. The molecule has 0 radical (unpaired) electrons. The van der Waals surface area contributed by atoms with Crippen LogP contribution >= 0.6 is 0 Å². The van der Waals surface area contributed by atoms with Crippen molar-refractivity contribution in [3.63, 3.8) is 0 Å². The summed E-state index contributed by atoms with van der Waals surface area (Å²) < 4.78 is 0. The number of benzene rings is 1. The van der Waals surface area contributed by atoms with Gasteiger partial charge in [-0.05, 0) is 38.4 Å². The largest absolute Gasteiger partial charge is 0.480 e. The minimum atomic E-state index is -0.891. The van der Waals surface area contributed by atoms with E-state index in [9.17, 15) is 14.4 Å². The lowest BCUT2D eigenvalue weighted by Crippen LogP contribution is -2.34. The summed E-state index contributed by atoms with van der Waals surface area (Å²) in [7, 11) is 1.60. The molecule has 1 aliphatic heterocycles. The van der Waals surface area contributed by atoms with Crippen LogP contribution in [0.15, 0.2) is 24.3 Å². The number of hydrogen-bond donors (Lipinski definition) is 2. The number of unbranched alkanes of at least 4 members (excludes halogenated alkanes) is 1. The molecule has 2 amide bonds. The van der Waals surface area contributed by atoms with Gasteiger partial charge in [-0.1, -0.05) is 12.1 Å². The molecule has 1 aromatic rings. The van der Waals surface area contributed by atoms with Crippen LogP contribution in [0, 0.1) is 0 Å². The number of carboxylic acid groups (broad SMARTS) is 1. The second-order valence-electron chi connectivity index (χ2n) is 4.98. The van der Waals surface area contributed by atoms with Crippen LogP contribution < -0.4 is 5.32 Å². The number of carbonyl (C=O) groups is 3. The number of rotatable bonds is 7. The molecule has 1 unspecified atom stereocenters. The normalized spacial score (nSPS) is 15.2.